The topological polar surface area (TPSA) is 98.5 Å². The molecule has 0 saturated heterocycles. The normalized spacial score (nSPS) is 22.3. The van der Waals surface area contributed by atoms with Crippen molar-refractivity contribution in [1.29, 1.82) is 0 Å². The number of rotatable bonds is 5. The van der Waals surface area contributed by atoms with Crippen molar-refractivity contribution in [3.05, 3.63) is 29.8 Å². The van der Waals surface area contributed by atoms with Crippen LogP contribution in [0.2, 0.25) is 0 Å². The molecule has 6 nitrogen and oxygen atoms in total. The minimum Gasteiger partial charge on any atom is -0.465 e. The average Bonchev–Trinajstić information content (AvgIpc) is 2.54. The number of nitrogens with one attached hydrogen (secondary N) is 1. The molecule has 0 aromatic heterocycles. The molecule has 7 heteroatoms. The van der Waals surface area contributed by atoms with Crippen molar-refractivity contribution in [1.82, 2.24) is 4.72 Å². The third kappa shape index (κ3) is 3.85. The molecule has 2 atom stereocenters. The molecule has 0 heterocycles. The first-order valence-corrected chi connectivity index (χ1v) is 8.87. The summed E-state index contributed by atoms with van der Waals surface area (Å²) in [4.78, 5) is 11.6. The maximum Gasteiger partial charge on any atom is 0.337 e. The van der Waals surface area contributed by atoms with Crippen molar-refractivity contribution >= 4 is 16.0 Å². The van der Waals surface area contributed by atoms with Gasteiger partial charge in [0.2, 0.25) is 10.0 Å². The van der Waals surface area contributed by atoms with E-state index in [0.717, 1.165) is 25.7 Å². The highest BCUT2D eigenvalue weighted by Gasteiger charge is 2.28. The van der Waals surface area contributed by atoms with Crippen molar-refractivity contribution in [2.24, 2.45) is 11.7 Å². The fourth-order valence-corrected chi connectivity index (χ4v) is 4.21. The zero-order valence-corrected chi connectivity index (χ0v) is 13.4. The van der Waals surface area contributed by atoms with Crippen LogP contribution in [-0.4, -0.2) is 34.1 Å². The number of nitrogens with two attached hydrogens (primary N) is 1. The Hall–Kier alpha value is -1.44. The number of hydrogen-bond acceptors (Lipinski definition) is 5. The molecule has 1 aliphatic rings. The average molecular weight is 326 g/mol. The largest absolute Gasteiger partial charge is 0.465 e. The number of benzene rings is 1. The smallest absolute Gasteiger partial charge is 0.337 e. The van der Waals surface area contributed by atoms with Gasteiger partial charge in [-0.05, 0) is 43.5 Å². The van der Waals surface area contributed by atoms with Gasteiger partial charge in [0, 0.05) is 6.04 Å². The summed E-state index contributed by atoms with van der Waals surface area (Å²) in [6.45, 7) is 0.468. The van der Waals surface area contributed by atoms with E-state index in [0.29, 0.717) is 6.54 Å². The van der Waals surface area contributed by atoms with E-state index in [-0.39, 0.29) is 22.4 Å². The zero-order valence-electron chi connectivity index (χ0n) is 12.6. The SMILES string of the molecule is COC(=O)c1cccc(S(=O)(=O)NC2CCCCC2CN)c1. The van der Waals surface area contributed by atoms with E-state index in [9.17, 15) is 13.2 Å². The predicted molar refractivity (Wildman–Crippen MR) is 82.9 cm³/mol. The maximum absolute atomic E-state index is 12.5. The molecule has 0 radical (unpaired) electrons. The summed E-state index contributed by atoms with van der Waals surface area (Å²) in [6.07, 6.45) is 3.80. The molecule has 1 aromatic carbocycles. The first-order valence-electron chi connectivity index (χ1n) is 7.38. The molecule has 0 amide bonds. The molecule has 122 valence electrons. The molecule has 0 bridgehead atoms. The zero-order chi connectivity index (χ0) is 16.2. The Morgan fingerprint density at radius 3 is 2.77 bits per heavy atom. The second kappa shape index (κ2) is 7.21. The Kier molecular flexibility index (Phi) is 5.55. The Bertz CT molecular complexity index is 630. The van der Waals surface area contributed by atoms with Crippen LogP contribution < -0.4 is 10.5 Å². The first kappa shape index (κ1) is 16.9. The summed E-state index contributed by atoms with van der Waals surface area (Å²) in [5, 5.41) is 0. The fourth-order valence-electron chi connectivity index (χ4n) is 2.82. The molecule has 22 heavy (non-hydrogen) atoms. The Morgan fingerprint density at radius 2 is 2.09 bits per heavy atom. The van der Waals surface area contributed by atoms with Crippen LogP contribution in [0.15, 0.2) is 29.2 Å². The van der Waals surface area contributed by atoms with Gasteiger partial charge in [-0.1, -0.05) is 18.9 Å². The van der Waals surface area contributed by atoms with Crippen LogP contribution in [0.25, 0.3) is 0 Å². The highest BCUT2D eigenvalue weighted by atomic mass is 32.2. The molecule has 1 aromatic rings. The minimum absolute atomic E-state index is 0.0664. The highest BCUT2D eigenvalue weighted by molar-refractivity contribution is 7.89. The van der Waals surface area contributed by atoms with E-state index >= 15 is 0 Å². The monoisotopic (exact) mass is 326 g/mol. The van der Waals surface area contributed by atoms with Gasteiger partial charge >= 0.3 is 5.97 Å². The van der Waals surface area contributed by atoms with E-state index in [4.69, 9.17) is 5.73 Å². The second-order valence-corrected chi connectivity index (χ2v) is 7.24. The summed E-state index contributed by atoms with van der Waals surface area (Å²) >= 11 is 0. The van der Waals surface area contributed by atoms with Crippen LogP contribution in [0.3, 0.4) is 0 Å². The molecule has 1 aliphatic carbocycles. The van der Waals surface area contributed by atoms with Gasteiger partial charge in [0.15, 0.2) is 0 Å². The molecule has 0 spiro atoms. The molecule has 2 rings (SSSR count). The van der Waals surface area contributed by atoms with Gasteiger partial charge in [0.25, 0.3) is 0 Å². The van der Waals surface area contributed by atoms with Crippen molar-refractivity contribution in [2.45, 2.75) is 36.6 Å². The number of carbonyl (C=O) groups excluding carboxylic acids is 1. The van der Waals surface area contributed by atoms with E-state index < -0.39 is 16.0 Å². The van der Waals surface area contributed by atoms with Crippen LogP contribution >= 0.6 is 0 Å². The third-order valence-electron chi connectivity index (χ3n) is 4.08. The van der Waals surface area contributed by atoms with Crippen molar-refractivity contribution < 1.29 is 17.9 Å². The molecule has 1 fully saturated rings. The Labute approximate surface area is 131 Å². The fraction of sp³-hybridized carbons (Fsp3) is 0.533. The lowest BCUT2D eigenvalue weighted by Gasteiger charge is -2.31. The number of methoxy groups -OCH3 is 1. The van der Waals surface area contributed by atoms with Crippen LogP contribution in [0, 0.1) is 5.92 Å². The molecule has 0 aliphatic heterocycles. The van der Waals surface area contributed by atoms with Gasteiger partial charge in [-0.3, -0.25) is 0 Å². The van der Waals surface area contributed by atoms with E-state index in [1.807, 2.05) is 0 Å². The van der Waals surface area contributed by atoms with Crippen LogP contribution in [0.4, 0.5) is 0 Å². The number of sulfonamides is 1. The van der Waals surface area contributed by atoms with E-state index in [2.05, 4.69) is 9.46 Å². The van der Waals surface area contributed by atoms with Crippen LogP contribution in [-0.2, 0) is 14.8 Å². The number of hydrogen-bond donors (Lipinski definition) is 2. The maximum atomic E-state index is 12.5. The number of ether oxygens (including phenoxy) is 1. The molecule has 2 unspecified atom stereocenters. The second-order valence-electron chi connectivity index (χ2n) is 5.53. The van der Waals surface area contributed by atoms with Gasteiger partial charge < -0.3 is 10.5 Å². The Balaban J connectivity index is 2.21. The van der Waals surface area contributed by atoms with Crippen LogP contribution in [0.5, 0.6) is 0 Å². The van der Waals surface area contributed by atoms with E-state index in [1.54, 1.807) is 0 Å². The lowest BCUT2D eigenvalue weighted by Crippen LogP contribution is -2.44. The standard InChI is InChI=1S/C15H22N2O4S/c1-21-15(18)11-6-4-7-13(9-11)22(19,20)17-14-8-3-2-5-12(14)10-16/h4,6-7,9,12,14,17H,2-3,5,8,10,16H2,1H3. The third-order valence-corrected chi connectivity index (χ3v) is 5.57. The number of carbonyl (C=O) groups is 1. The van der Waals surface area contributed by atoms with Gasteiger partial charge in [0.1, 0.15) is 0 Å². The van der Waals surface area contributed by atoms with Crippen molar-refractivity contribution in [3.63, 3.8) is 0 Å². The van der Waals surface area contributed by atoms with Gasteiger partial charge in [0.05, 0.1) is 17.6 Å². The summed E-state index contributed by atoms with van der Waals surface area (Å²) < 4.78 is 32.4. The predicted octanol–water partition coefficient (Wildman–Crippen LogP) is 1.27. The molecule has 3 N–H and O–H groups in total. The lowest BCUT2D eigenvalue weighted by atomic mass is 9.85. The molecular formula is C15H22N2O4S. The molecular weight excluding hydrogens is 304 g/mol. The quantitative estimate of drug-likeness (QED) is 0.794. The number of esters is 1. The summed E-state index contributed by atoms with van der Waals surface area (Å²) in [7, 11) is -2.42. The van der Waals surface area contributed by atoms with E-state index in [1.165, 1.54) is 31.4 Å². The van der Waals surface area contributed by atoms with Gasteiger partial charge in [-0.15, -0.1) is 0 Å². The Morgan fingerprint density at radius 1 is 1.36 bits per heavy atom. The minimum atomic E-state index is -3.68. The summed E-state index contributed by atoms with van der Waals surface area (Å²) in [5.74, 6) is -0.401. The van der Waals surface area contributed by atoms with Gasteiger partial charge in [-0.25, -0.2) is 17.9 Å². The summed E-state index contributed by atoms with van der Waals surface area (Å²) in [6, 6.07) is 5.70. The summed E-state index contributed by atoms with van der Waals surface area (Å²) in [5.41, 5.74) is 5.95. The molecule has 1 saturated carbocycles. The highest BCUT2D eigenvalue weighted by Crippen LogP contribution is 2.25. The van der Waals surface area contributed by atoms with Gasteiger partial charge in [-0.2, -0.15) is 0 Å². The lowest BCUT2D eigenvalue weighted by molar-refractivity contribution is 0.0600. The van der Waals surface area contributed by atoms with Crippen molar-refractivity contribution in [3.8, 4) is 0 Å². The van der Waals surface area contributed by atoms with Crippen molar-refractivity contribution in [2.75, 3.05) is 13.7 Å². The first-order chi connectivity index (χ1) is 10.5. The van der Waals surface area contributed by atoms with Crippen LogP contribution in [0.1, 0.15) is 36.0 Å².